The van der Waals surface area contributed by atoms with Gasteiger partial charge in [0.1, 0.15) is 0 Å². The molecule has 1 fully saturated rings. The molecule has 0 unspecified atom stereocenters. The van der Waals surface area contributed by atoms with Crippen LogP contribution in [0.1, 0.15) is 12.8 Å². The third-order valence-corrected chi connectivity index (χ3v) is 4.88. The topological polar surface area (TPSA) is 73.9 Å². The predicted octanol–water partition coefficient (Wildman–Crippen LogP) is 3.31. The first-order valence-electron chi connectivity index (χ1n) is 8.29. The Kier molecular flexibility index (Phi) is 4.28. The van der Waals surface area contributed by atoms with Crippen molar-refractivity contribution in [3.05, 3.63) is 41.7 Å². The number of likely N-dealkylation sites (tertiary alicyclic amines) is 1. The Morgan fingerprint density at radius 3 is 2.88 bits per heavy atom. The minimum atomic E-state index is 0.258. The van der Waals surface area contributed by atoms with Crippen molar-refractivity contribution in [2.24, 2.45) is 0 Å². The number of rotatable bonds is 4. The van der Waals surface area contributed by atoms with Crippen LogP contribution in [0.2, 0.25) is 5.02 Å². The number of nitrogens with one attached hydrogen (secondary N) is 2. The number of carbonyl (C=O) groups is 1. The monoisotopic (exact) mass is 355 g/mol. The van der Waals surface area contributed by atoms with E-state index in [4.69, 9.17) is 11.6 Å². The number of carbonyl (C=O) groups excluding carboxylic acids is 1. The number of hydrogen-bond donors (Lipinski definition) is 2. The highest BCUT2D eigenvalue weighted by Crippen LogP contribution is 2.32. The molecule has 1 aliphatic heterocycles. The van der Waals surface area contributed by atoms with E-state index in [9.17, 15) is 4.79 Å². The van der Waals surface area contributed by atoms with E-state index in [-0.39, 0.29) is 6.04 Å². The van der Waals surface area contributed by atoms with Crippen LogP contribution < -0.4 is 5.32 Å². The first-order chi connectivity index (χ1) is 12.2. The number of fused-ring (bicyclic) bond motifs is 1. The van der Waals surface area contributed by atoms with Gasteiger partial charge < -0.3 is 15.2 Å². The van der Waals surface area contributed by atoms with Crippen LogP contribution in [-0.2, 0) is 4.79 Å². The molecule has 0 aliphatic carbocycles. The molecular weight excluding hydrogens is 338 g/mol. The lowest BCUT2D eigenvalue weighted by Gasteiger charge is -2.29. The number of nitrogens with zero attached hydrogens (tertiary/aromatic N) is 3. The van der Waals surface area contributed by atoms with Crippen molar-refractivity contribution in [2.45, 2.75) is 18.9 Å². The molecule has 128 valence electrons. The molecule has 6 nitrogen and oxygen atoms in total. The maximum absolute atomic E-state index is 10.8. The number of anilines is 1. The zero-order valence-electron chi connectivity index (χ0n) is 13.6. The fourth-order valence-electron chi connectivity index (χ4n) is 3.22. The van der Waals surface area contributed by atoms with E-state index < -0.39 is 0 Å². The van der Waals surface area contributed by atoms with Crippen molar-refractivity contribution in [3.8, 4) is 11.3 Å². The number of para-hydroxylation sites is 1. The van der Waals surface area contributed by atoms with E-state index in [0.717, 1.165) is 48.8 Å². The summed E-state index contributed by atoms with van der Waals surface area (Å²) in [6, 6.07) is 8.31. The van der Waals surface area contributed by atoms with Gasteiger partial charge >= 0.3 is 0 Å². The molecular formula is C18H18ClN5O. The molecule has 4 rings (SSSR count). The van der Waals surface area contributed by atoms with Gasteiger partial charge in [-0.05, 0) is 18.9 Å². The summed E-state index contributed by atoms with van der Waals surface area (Å²) < 4.78 is 0. The minimum absolute atomic E-state index is 0.258. The van der Waals surface area contributed by atoms with Crippen LogP contribution in [0.15, 0.2) is 36.7 Å². The molecule has 1 aliphatic rings. The van der Waals surface area contributed by atoms with E-state index in [1.165, 1.54) is 0 Å². The third kappa shape index (κ3) is 3.17. The SMILES string of the molecule is O=CN1CCC(Nc2ncc(Cl)c(-c3c[nH]c4ccccc34)n2)CC1. The van der Waals surface area contributed by atoms with E-state index in [1.54, 1.807) is 11.1 Å². The lowest BCUT2D eigenvalue weighted by molar-refractivity contribution is -0.118. The van der Waals surface area contributed by atoms with Crippen molar-refractivity contribution in [2.75, 3.05) is 18.4 Å². The molecule has 3 heterocycles. The highest BCUT2D eigenvalue weighted by atomic mass is 35.5. The first kappa shape index (κ1) is 15.9. The molecule has 2 N–H and O–H groups in total. The van der Waals surface area contributed by atoms with Crippen LogP contribution in [0.5, 0.6) is 0 Å². The fourth-order valence-corrected chi connectivity index (χ4v) is 3.42. The van der Waals surface area contributed by atoms with Gasteiger partial charge in [-0.15, -0.1) is 0 Å². The van der Waals surface area contributed by atoms with Gasteiger partial charge in [0.25, 0.3) is 0 Å². The second kappa shape index (κ2) is 6.72. The number of amides is 1. The Hall–Kier alpha value is -2.60. The normalized spacial score (nSPS) is 15.5. The van der Waals surface area contributed by atoms with E-state index in [0.29, 0.717) is 16.7 Å². The Balaban J connectivity index is 1.60. The van der Waals surface area contributed by atoms with Crippen LogP contribution >= 0.6 is 11.6 Å². The molecule has 1 saturated heterocycles. The maximum atomic E-state index is 10.8. The Labute approximate surface area is 150 Å². The molecule has 1 amide bonds. The zero-order valence-corrected chi connectivity index (χ0v) is 14.3. The van der Waals surface area contributed by atoms with Gasteiger partial charge in [-0.3, -0.25) is 4.79 Å². The van der Waals surface area contributed by atoms with Crippen molar-refractivity contribution in [1.82, 2.24) is 19.9 Å². The van der Waals surface area contributed by atoms with Gasteiger partial charge in [0.05, 0.1) is 16.9 Å². The molecule has 0 saturated carbocycles. The minimum Gasteiger partial charge on any atom is -0.360 e. The van der Waals surface area contributed by atoms with Crippen molar-refractivity contribution >= 4 is 34.9 Å². The number of benzene rings is 1. The summed E-state index contributed by atoms with van der Waals surface area (Å²) in [7, 11) is 0. The van der Waals surface area contributed by atoms with Crippen LogP contribution in [0.4, 0.5) is 5.95 Å². The third-order valence-electron chi connectivity index (χ3n) is 4.60. The fraction of sp³-hybridized carbons (Fsp3) is 0.278. The number of piperidine rings is 1. The van der Waals surface area contributed by atoms with Gasteiger partial charge in [0.15, 0.2) is 0 Å². The molecule has 0 spiro atoms. The van der Waals surface area contributed by atoms with Crippen molar-refractivity contribution in [3.63, 3.8) is 0 Å². The molecule has 0 atom stereocenters. The summed E-state index contributed by atoms with van der Waals surface area (Å²) in [5.74, 6) is 0.564. The summed E-state index contributed by atoms with van der Waals surface area (Å²) in [6.45, 7) is 1.51. The van der Waals surface area contributed by atoms with E-state index in [1.807, 2.05) is 30.5 Å². The summed E-state index contributed by atoms with van der Waals surface area (Å²) in [4.78, 5) is 24.8. The van der Waals surface area contributed by atoms with E-state index >= 15 is 0 Å². The number of aromatic nitrogens is 3. The quantitative estimate of drug-likeness (QED) is 0.704. The van der Waals surface area contributed by atoms with Gasteiger partial charge in [0.2, 0.25) is 12.4 Å². The number of hydrogen-bond acceptors (Lipinski definition) is 4. The Morgan fingerprint density at radius 2 is 2.08 bits per heavy atom. The number of H-pyrrole nitrogens is 1. The predicted molar refractivity (Wildman–Crippen MR) is 98.6 cm³/mol. The van der Waals surface area contributed by atoms with Crippen molar-refractivity contribution in [1.29, 1.82) is 0 Å². The summed E-state index contributed by atoms with van der Waals surface area (Å²) >= 11 is 6.36. The summed E-state index contributed by atoms with van der Waals surface area (Å²) in [5, 5.41) is 4.97. The first-order valence-corrected chi connectivity index (χ1v) is 8.67. The largest absolute Gasteiger partial charge is 0.360 e. The molecule has 3 aromatic rings. The second-order valence-corrected chi connectivity index (χ2v) is 6.61. The molecule has 0 bridgehead atoms. The van der Waals surface area contributed by atoms with Gasteiger partial charge in [-0.25, -0.2) is 9.97 Å². The molecule has 25 heavy (non-hydrogen) atoms. The number of aromatic amines is 1. The van der Waals surface area contributed by atoms with Crippen molar-refractivity contribution < 1.29 is 4.79 Å². The summed E-state index contributed by atoms with van der Waals surface area (Å²) in [5.41, 5.74) is 2.71. The molecule has 7 heteroatoms. The Morgan fingerprint density at radius 1 is 1.28 bits per heavy atom. The highest BCUT2D eigenvalue weighted by molar-refractivity contribution is 6.33. The standard InChI is InChI=1S/C18H18ClN5O/c19-15-10-21-18(22-12-5-7-24(11-25)8-6-12)23-17(15)14-9-20-16-4-2-1-3-13(14)16/h1-4,9-12,20H,5-8H2,(H,21,22,23). The lowest BCUT2D eigenvalue weighted by Crippen LogP contribution is -2.38. The van der Waals surface area contributed by atoms with Crippen LogP contribution in [0.25, 0.3) is 22.2 Å². The van der Waals surface area contributed by atoms with Crippen LogP contribution in [0.3, 0.4) is 0 Å². The maximum Gasteiger partial charge on any atom is 0.223 e. The average molecular weight is 356 g/mol. The van der Waals surface area contributed by atoms with Gasteiger partial charge in [0, 0.05) is 41.8 Å². The highest BCUT2D eigenvalue weighted by Gasteiger charge is 2.19. The van der Waals surface area contributed by atoms with Gasteiger partial charge in [-0.1, -0.05) is 29.8 Å². The van der Waals surface area contributed by atoms with Crippen LogP contribution in [0, 0.1) is 0 Å². The second-order valence-electron chi connectivity index (χ2n) is 6.20. The van der Waals surface area contributed by atoms with E-state index in [2.05, 4.69) is 20.3 Å². The Bertz CT molecular complexity index is 901. The zero-order chi connectivity index (χ0) is 17.2. The smallest absolute Gasteiger partial charge is 0.223 e. The lowest BCUT2D eigenvalue weighted by atomic mass is 10.1. The molecule has 1 aromatic carbocycles. The molecule has 2 aromatic heterocycles. The van der Waals surface area contributed by atoms with Gasteiger partial charge in [-0.2, -0.15) is 0 Å². The van der Waals surface area contributed by atoms with Crippen LogP contribution in [-0.4, -0.2) is 45.4 Å². The number of halogens is 1. The molecule has 0 radical (unpaired) electrons. The average Bonchev–Trinajstić information content (AvgIpc) is 3.08. The summed E-state index contributed by atoms with van der Waals surface area (Å²) in [6.07, 6.45) is 6.23.